The predicted molar refractivity (Wildman–Crippen MR) is 85.1 cm³/mol. The van der Waals surface area contributed by atoms with Crippen molar-refractivity contribution in [2.75, 3.05) is 18.5 Å². The summed E-state index contributed by atoms with van der Waals surface area (Å²) in [4.78, 5) is 22.5. The molecule has 0 fully saturated rings. The molecule has 0 aliphatic carbocycles. The van der Waals surface area contributed by atoms with Crippen LogP contribution in [0.5, 0.6) is 0 Å². The Morgan fingerprint density at radius 1 is 0.955 bits per heavy atom. The molecule has 0 aromatic heterocycles. The van der Waals surface area contributed by atoms with Gasteiger partial charge >= 0.3 is 5.97 Å². The minimum atomic E-state index is -0.356. The summed E-state index contributed by atoms with van der Waals surface area (Å²) < 4.78 is 4.75. The van der Waals surface area contributed by atoms with Gasteiger partial charge in [0, 0.05) is 23.9 Å². The molecule has 114 valence electrons. The van der Waals surface area contributed by atoms with E-state index in [-0.39, 0.29) is 18.5 Å². The summed E-state index contributed by atoms with van der Waals surface area (Å²) in [5.74, 6) is -0.552. The number of amides is 1. The monoisotopic (exact) mass is 298 g/mol. The number of ether oxygens (including phenoxy) is 1. The standard InChI is InChI=1S/C17H18N2O3/c1-13(20)22-12-11-18-17(21)14-7-9-16(10-8-14)19-15-5-3-2-4-6-15/h2-10,19H,11-12H2,1H3,(H,18,21). The Kier molecular flexibility index (Phi) is 5.54. The lowest BCUT2D eigenvalue weighted by Crippen LogP contribution is -2.27. The smallest absolute Gasteiger partial charge is 0.302 e. The van der Waals surface area contributed by atoms with E-state index in [1.807, 2.05) is 42.5 Å². The van der Waals surface area contributed by atoms with Gasteiger partial charge in [0.05, 0.1) is 6.54 Å². The normalized spacial score (nSPS) is 9.86. The Labute approximate surface area is 129 Å². The molecule has 5 heteroatoms. The molecule has 2 aromatic rings. The van der Waals surface area contributed by atoms with E-state index in [2.05, 4.69) is 10.6 Å². The fourth-order valence-electron chi connectivity index (χ4n) is 1.85. The maximum absolute atomic E-state index is 11.9. The van der Waals surface area contributed by atoms with Crippen LogP contribution in [0.25, 0.3) is 0 Å². The van der Waals surface area contributed by atoms with Crippen LogP contribution in [0.15, 0.2) is 54.6 Å². The van der Waals surface area contributed by atoms with Crippen molar-refractivity contribution in [2.24, 2.45) is 0 Å². The summed E-state index contributed by atoms with van der Waals surface area (Å²) in [5.41, 5.74) is 2.45. The lowest BCUT2D eigenvalue weighted by atomic mass is 10.2. The van der Waals surface area contributed by atoms with Crippen molar-refractivity contribution in [3.8, 4) is 0 Å². The first-order valence-corrected chi connectivity index (χ1v) is 6.99. The van der Waals surface area contributed by atoms with E-state index in [0.717, 1.165) is 11.4 Å². The van der Waals surface area contributed by atoms with Crippen LogP contribution >= 0.6 is 0 Å². The molecule has 0 aliphatic heterocycles. The molecule has 0 unspecified atom stereocenters. The second kappa shape index (κ2) is 7.83. The molecule has 5 nitrogen and oxygen atoms in total. The highest BCUT2D eigenvalue weighted by molar-refractivity contribution is 5.94. The molecule has 0 spiro atoms. The lowest BCUT2D eigenvalue weighted by Gasteiger charge is -2.08. The maximum Gasteiger partial charge on any atom is 0.302 e. The van der Waals surface area contributed by atoms with Crippen molar-refractivity contribution in [3.05, 3.63) is 60.2 Å². The Balaban J connectivity index is 1.85. The van der Waals surface area contributed by atoms with Crippen molar-refractivity contribution < 1.29 is 14.3 Å². The highest BCUT2D eigenvalue weighted by Gasteiger charge is 2.05. The Hall–Kier alpha value is -2.82. The summed E-state index contributed by atoms with van der Waals surface area (Å²) in [6, 6.07) is 17.0. The number of carbonyl (C=O) groups is 2. The molecule has 2 rings (SSSR count). The minimum absolute atomic E-state index is 0.175. The first-order chi connectivity index (χ1) is 10.6. The zero-order chi connectivity index (χ0) is 15.8. The van der Waals surface area contributed by atoms with Crippen molar-refractivity contribution in [2.45, 2.75) is 6.92 Å². The number of carbonyl (C=O) groups excluding carboxylic acids is 2. The highest BCUT2D eigenvalue weighted by atomic mass is 16.5. The van der Waals surface area contributed by atoms with Crippen LogP contribution in [0.3, 0.4) is 0 Å². The van der Waals surface area contributed by atoms with E-state index in [4.69, 9.17) is 4.74 Å². The van der Waals surface area contributed by atoms with Gasteiger partial charge in [0.1, 0.15) is 6.61 Å². The third-order valence-electron chi connectivity index (χ3n) is 2.90. The number of rotatable bonds is 6. The van der Waals surface area contributed by atoms with Crippen LogP contribution in [-0.4, -0.2) is 25.0 Å². The molecule has 0 saturated heterocycles. The Bertz CT molecular complexity index is 624. The quantitative estimate of drug-likeness (QED) is 0.635. The molecular weight excluding hydrogens is 280 g/mol. The number of esters is 1. The van der Waals surface area contributed by atoms with Crippen LogP contribution in [0.1, 0.15) is 17.3 Å². The largest absolute Gasteiger partial charge is 0.464 e. The topological polar surface area (TPSA) is 67.4 Å². The average molecular weight is 298 g/mol. The van der Waals surface area contributed by atoms with Crippen LogP contribution in [0.2, 0.25) is 0 Å². The number of benzene rings is 2. The zero-order valence-corrected chi connectivity index (χ0v) is 12.3. The molecular formula is C17H18N2O3. The van der Waals surface area contributed by atoms with Gasteiger partial charge < -0.3 is 15.4 Å². The zero-order valence-electron chi connectivity index (χ0n) is 12.3. The Morgan fingerprint density at radius 3 is 2.23 bits per heavy atom. The van der Waals surface area contributed by atoms with Gasteiger partial charge in [-0.3, -0.25) is 9.59 Å². The summed E-state index contributed by atoms with van der Waals surface area (Å²) in [6.45, 7) is 1.80. The molecule has 0 radical (unpaired) electrons. The minimum Gasteiger partial charge on any atom is -0.464 e. The van der Waals surface area contributed by atoms with Crippen molar-refractivity contribution in [1.29, 1.82) is 0 Å². The lowest BCUT2D eigenvalue weighted by molar-refractivity contribution is -0.140. The fourth-order valence-corrected chi connectivity index (χ4v) is 1.85. The summed E-state index contributed by atoms with van der Waals surface area (Å²) >= 11 is 0. The first-order valence-electron chi connectivity index (χ1n) is 6.99. The van der Waals surface area contributed by atoms with Crippen LogP contribution < -0.4 is 10.6 Å². The van der Waals surface area contributed by atoms with Gasteiger partial charge in [-0.15, -0.1) is 0 Å². The van der Waals surface area contributed by atoms with Crippen LogP contribution in [0.4, 0.5) is 11.4 Å². The molecule has 1 amide bonds. The molecule has 0 atom stereocenters. The summed E-state index contributed by atoms with van der Waals surface area (Å²) in [7, 11) is 0. The van der Waals surface area contributed by atoms with Crippen LogP contribution in [0, 0.1) is 0 Å². The van der Waals surface area contributed by atoms with Crippen molar-refractivity contribution >= 4 is 23.3 Å². The van der Waals surface area contributed by atoms with Gasteiger partial charge in [0.25, 0.3) is 5.91 Å². The number of hydrogen-bond donors (Lipinski definition) is 2. The third kappa shape index (κ3) is 4.94. The third-order valence-corrected chi connectivity index (χ3v) is 2.90. The molecule has 2 aromatic carbocycles. The molecule has 0 aliphatic rings. The summed E-state index contributed by atoms with van der Waals surface area (Å²) in [5, 5.41) is 5.93. The number of nitrogens with one attached hydrogen (secondary N) is 2. The van der Waals surface area contributed by atoms with E-state index < -0.39 is 0 Å². The van der Waals surface area contributed by atoms with E-state index >= 15 is 0 Å². The number of para-hydroxylation sites is 1. The first kappa shape index (κ1) is 15.6. The SMILES string of the molecule is CC(=O)OCCNC(=O)c1ccc(Nc2ccccc2)cc1. The fraction of sp³-hybridized carbons (Fsp3) is 0.176. The van der Waals surface area contributed by atoms with Crippen LogP contribution in [-0.2, 0) is 9.53 Å². The molecule has 0 bridgehead atoms. The average Bonchev–Trinajstić information content (AvgIpc) is 2.53. The van der Waals surface area contributed by atoms with Gasteiger partial charge in [0.15, 0.2) is 0 Å². The van der Waals surface area contributed by atoms with Gasteiger partial charge in [-0.05, 0) is 36.4 Å². The molecule has 0 heterocycles. The second-order valence-corrected chi connectivity index (χ2v) is 4.66. The van der Waals surface area contributed by atoms with Gasteiger partial charge in [-0.2, -0.15) is 0 Å². The van der Waals surface area contributed by atoms with E-state index in [1.54, 1.807) is 12.1 Å². The molecule has 22 heavy (non-hydrogen) atoms. The van der Waals surface area contributed by atoms with Gasteiger partial charge in [-0.25, -0.2) is 0 Å². The predicted octanol–water partition coefficient (Wildman–Crippen LogP) is 2.72. The Morgan fingerprint density at radius 2 is 1.59 bits per heavy atom. The number of hydrogen-bond acceptors (Lipinski definition) is 4. The molecule has 0 saturated carbocycles. The van der Waals surface area contributed by atoms with Crippen molar-refractivity contribution in [3.63, 3.8) is 0 Å². The van der Waals surface area contributed by atoms with E-state index in [9.17, 15) is 9.59 Å². The van der Waals surface area contributed by atoms with Gasteiger partial charge in [0.2, 0.25) is 0 Å². The highest BCUT2D eigenvalue weighted by Crippen LogP contribution is 2.16. The molecule has 2 N–H and O–H groups in total. The van der Waals surface area contributed by atoms with E-state index in [0.29, 0.717) is 12.1 Å². The van der Waals surface area contributed by atoms with Crippen molar-refractivity contribution in [1.82, 2.24) is 5.32 Å². The van der Waals surface area contributed by atoms with Gasteiger partial charge in [-0.1, -0.05) is 18.2 Å². The summed E-state index contributed by atoms with van der Waals surface area (Å²) in [6.07, 6.45) is 0. The second-order valence-electron chi connectivity index (χ2n) is 4.66. The van der Waals surface area contributed by atoms with E-state index in [1.165, 1.54) is 6.92 Å². The maximum atomic E-state index is 11.9. The number of anilines is 2.